The maximum atomic E-state index is 2.44. The molecule has 0 amide bonds. The highest BCUT2D eigenvalue weighted by atomic mass is 14.5. The fourth-order valence-electron chi connectivity index (χ4n) is 4.61. The zero-order valence-electron chi connectivity index (χ0n) is 17.0. The van der Waals surface area contributed by atoms with Crippen molar-refractivity contribution in [2.45, 2.75) is 32.6 Å². The number of rotatable bonds is 4. The molecule has 0 atom stereocenters. The van der Waals surface area contributed by atoms with Crippen LogP contribution in [-0.2, 0) is 5.41 Å². The second-order valence-electron chi connectivity index (χ2n) is 8.57. The highest BCUT2D eigenvalue weighted by Crippen LogP contribution is 2.52. The van der Waals surface area contributed by atoms with Crippen molar-refractivity contribution in [2.75, 3.05) is 0 Å². The third kappa shape index (κ3) is 3.03. The lowest BCUT2D eigenvalue weighted by molar-refractivity contribution is 0.497. The van der Waals surface area contributed by atoms with Gasteiger partial charge in [-0.1, -0.05) is 124 Å². The van der Waals surface area contributed by atoms with E-state index >= 15 is 0 Å². The average molecular weight is 365 g/mol. The maximum Gasteiger partial charge on any atom is 0.0701 e. The third-order valence-corrected chi connectivity index (χ3v) is 5.77. The molecule has 0 bridgehead atoms. The molecule has 3 aromatic carbocycles. The van der Waals surface area contributed by atoms with Crippen LogP contribution in [0.25, 0.3) is 0 Å². The van der Waals surface area contributed by atoms with Crippen molar-refractivity contribution in [1.82, 2.24) is 0 Å². The van der Waals surface area contributed by atoms with Gasteiger partial charge >= 0.3 is 0 Å². The van der Waals surface area contributed by atoms with Gasteiger partial charge in [0.2, 0.25) is 0 Å². The van der Waals surface area contributed by atoms with Crippen molar-refractivity contribution in [1.29, 1.82) is 0 Å². The first-order valence-corrected chi connectivity index (χ1v) is 10.1. The molecular formula is C28H28. The predicted molar refractivity (Wildman–Crippen MR) is 119 cm³/mol. The van der Waals surface area contributed by atoms with E-state index < -0.39 is 0 Å². The summed E-state index contributed by atoms with van der Waals surface area (Å²) in [6.07, 6.45) is 5.85. The highest BCUT2D eigenvalue weighted by molar-refractivity contribution is 5.65. The lowest BCUT2D eigenvalue weighted by atomic mass is 9.61. The molecular weight excluding hydrogens is 336 g/mol. The number of hydrogen-bond acceptors (Lipinski definition) is 0. The quantitative estimate of drug-likeness (QED) is 0.425. The summed E-state index contributed by atoms with van der Waals surface area (Å²) in [5, 5.41) is 0. The highest BCUT2D eigenvalue weighted by Gasteiger charge is 2.43. The van der Waals surface area contributed by atoms with Crippen molar-refractivity contribution in [3.63, 3.8) is 0 Å². The molecule has 0 radical (unpaired) electrons. The average Bonchev–Trinajstić information content (AvgIpc) is 3.22. The van der Waals surface area contributed by atoms with Crippen molar-refractivity contribution >= 4 is 0 Å². The fourth-order valence-corrected chi connectivity index (χ4v) is 4.61. The molecule has 140 valence electrons. The summed E-state index contributed by atoms with van der Waals surface area (Å²) in [5.41, 5.74) is 6.58. The molecule has 0 N–H and O–H groups in total. The second-order valence-corrected chi connectivity index (χ2v) is 8.57. The van der Waals surface area contributed by atoms with Gasteiger partial charge in [-0.3, -0.25) is 0 Å². The molecule has 3 aromatic rings. The summed E-state index contributed by atoms with van der Waals surface area (Å²) in [6.45, 7) is 6.97. The first kappa shape index (κ1) is 18.5. The van der Waals surface area contributed by atoms with Crippen LogP contribution in [0.15, 0.2) is 114 Å². The summed E-state index contributed by atoms with van der Waals surface area (Å²) < 4.78 is 0. The smallest absolute Gasteiger partial charge is 0.0701 e. The molecule has 0 heteroatoms. The van der Waals surface area contributed by atoms with Crippen LogP contribution in [-0.4, -0.2) is 0 Å². The minimum Gasteiger partial charge on any atom is -0.0767 e. The molecule has 0 nitrogen and oxygen atoms in total. The van der Waals surface area contributed by atoms with Crippen LogP contribution in [0.5, 0.6) is 0 Å². The van der Waals surface area contributed by atoms with Gasteiger partial charge < -0.3 is 0 Å². The minimum atomic E-state index is -0.320. The third-order valence-electron chi connectivity index (χ3n) is 5.77. The zero-order chi connectivity index (χ0) is 19.6. The number of hydrogen-bond donors (Lipinski definition) is 0. The lowest BCUT2D eigenvalue weighted by Crippen LogP contribution is -2.34. The van der Waals surface area contributed by atoms with Gasteiger partial charge in [0.15, 0.2) is 0 Å². The van der Waals surface area contributed by atoms with Gasteiger partial charge in [0, 0.05) is 0 Å². The van der Waals surface area contributed by atoms with Gasteiger partial charge in [-0.2, -0.15) is 0 Å². The van der Waals surface area contributed by atoms with Gasteiger partial charge in [0.05, 0.1) is 5.41 Å². The molecule has 28 heavy (non-hydrogen) atoms. The molecule has 1 aliphatic rings. The van der Waals surface area contributed by atoms with E-state index in [-0.39, 0.29) is 10.8 Å². The first-order valence-electron chi connectivity index (χ1n) is 10.1. The SMILES string of the molecule is CC(C)(C)C1=CCC=C1C(c1ccccc1)(c1ccccc1)c1ccccc1. The van der Waals surface area contributed by atoms with Crippen LogP contribution in [0, 0.1) is 5.41 Å². The van der Waals surface area contributed by atoms with Crippen molar-refractivity contribution in [2.24, 2.45) is 5.41 Å². The zero-order valence-corrected chi connectivity index (χ0v) is 17.0. The van der Waals surface area contributed by atoms with E-state index in [1.165, 1.54) is 27.8 Å². The van der Waals surface area contributed by atoms with Crippen LogP contribution < -0.4 is 0 Å². The Morgan fingerprint density at radius 2 is 0.857 bits per heavy atom. The normalized spacial score (nSPS) is 14.5. The Bertz CT molecular complexity index is 888. The Labute approximate surface area is 169 Å². The van der Waals surface area contributed by atoms with Crippen molar-refractivity contribution < 1.29 is 0 Å². The van der Waals surface area contributed by atoms with E-state index in [1.54, 1.807) is 0 Å². The Balaban J connectivity index is 2.10. The van der Waals surface area contributed by atoms with Crippen LogP contribution >= 0.6 is 0 Å². The molecule has 0 unspecified atom stereocenters. The van der Waals surface area contributed by atoms with E-state index in [0.717, 1.165) is 6.42 Å². The number of allylic oxidation sites excluding steroid dienone is 4. The topological polar surface area (TPSA) is 0 Å². The van der Waals surface area contributed by atoms with E-state index in [9.17, 15) is 0 Å². The van der Waals surface area contributed by atoms with Gasteiger partial charge in [0.1, 0.15) is 0 Å². The van der Waals surface area contributed by atoms with Crippen LogP contribution in [0.2, 0.25) is 0 Å². The Kier molecular flexibility index (Phi) is 4.81. The minimum absolute atomic E-state index is 0.0892. The molecule has 0 heterocycles. The summed E-state index contributed by atoms with van der Waals surface area (Å²) >= 11 is 0. The number of benzene rings is 3. The van der Waals surface area contributed by atoms with Crippen molar-refractivity contribution in [3.8, 4) is 0 Å². The van der Waals surface area contributed by atoms with Gasteiger partial charge in [0.25, 0.3) is 0 Å². The van der Waals surface area contributed by atoms with Gasteiger partial charge in [-0.05, 0) is 39.7 Å². The lowest BCUT2D eigenvalue weighted by Gasteiger charge is -2.41. The second kappa shape index (κ2) is 7.28. The Morgan fingerprint density at radius 3 is 1.21 bits per heavy atom. The van der Waals surface area contributed by atoms with Crippen LogP contribution in [0.4, 0.5) is 0 Å². The van der Waals surface area contributed by atoms with Crippen LogP contribution in [0.1, 0.15) is 43.9 Å². The monoisotopic (exact) mass is 364 g/mol. The van der Waals surface area contributed by atoms with Gasteiger partial charge in [-0.25, -0.2) is 0 Å². The maximum absolute atomic E-state index is 2.44. The fraction of sp³-hybridized carbons (Fsp3) is 0.214. The molecule has 0 aliphatic heterocycles. The van der Waals surface area contributed by atoms with Crippen LogP contribution in [0.3, 0.4) is 0 Å². The summed E-state index contributed by atoms with van der Waals surface area (Å²) in [7, 11) is 0. The molecule has 0 saturated heterocycles. The first-order chi connectivity index (χ1) is 13.5. The summed E-state index contributed by atoms with van der Waals surface area (Å²) in [5.74, 6) is 0. The van der Waals surface area contributed by atoms with Gasteiger partial charge in [-0.15, -0.1) is 0 Å². The molecule has 0 spiro atoms. The molecule has 1 aliphatic carbocycles. The molecule has 0 aromatic heterocycles. The van der Waals surface area contributed by atoms with E-state index in [1.807, 2.05) is 0 Å². The predicted octanol–water partition coefficient (Wildman–Crippen LogP) is 7.32. The largest absolute Gasteiger partial charge is 0.0767 e. The summed E-state index contributed by atoms with van der Waals surface area (Å²) in [4.78, 5) is 0. The molecule has 0 saturated carbocycles. The molecule has 4 rings (SSSR count). The van der Waals surface area contributed by atoms with Crippen molar-refractivity contribution in [3.05, 3.63) is 131 Å². The molecule has 0 fully saturated rings. The Hall–Kier alpha value is -2.86. The summed E-state index contributed by atoms with van der Waals surface area (Å²) in [6, 6.07) is 32.9. The van der Waals surface area contributed by atoms with E-state index in [2.05, 4.69) is 124 Å². The standard InChI is InChI=1S/C28H28/c1-27(2,3)25-20-13-21-26(25)28(22-14-7-4-8-15-22,23-16-9-5-10-17-23)24-18-11-6-12-19-24/h4-12,14-21H,13H2,1-3H3. The Morgan fingerprint density at radius 1 is 0.500 bits per heavy atom. The van der Waals surface area contributed by atoms with E-state index in [0.29, 0.717) is 0 Å². The van der Waals surface area contributed by atoms with E-state index in [4.69, 9.17) is 0 Å².